The Bertz CT molecular complexity index is 356. The molecule has 0 aromatic carbocycles. The zero-order valence-corrected chi connectivity index (χ0v) is 15.5. The van der Waals surface area contributed by atoms with Gasteiger partial charge in [0.2, 0.25) is 0 Å². The molecular weight excluding hydrogens is 377 g/mol. The molecule has 0 saturated heterocycles. The zero-order valence-electron chi connectivity index (χ0n) is 12.3. The molecule has 5 nitrogen and oxygen atoms in total. The Kier molecular flexibility index (Phi) is 12.0. The van der Waals surface area contributed by atoms with E-state index < -0.39 is 9.84 Å². The van der Waals surface area contributed by atoms with E-state index in [1.807, 2.05) is 0 Å². The van der Waals surface area contributed by atoms with E-state index in [9.17, 15) is 8.42 Å². The van der Waals surface area contributed by atoms with E-state index in [4.69, 9.17) is 5.73 Å². The third kappa shape index (κ3) is 15.9. The summed E-state index contributed by atoms with van der Waals surface area (Å²) in [6.07, 6.45) is 4.60. The van der Waals surface area contributed by atoms with Crippen molar-refractivity contribution in [3.8, 4) is 0 Å². The van der Waals surface area contributed by atoms with Crippen molar-refractivity contribution >= 4 is 39.8 Å². The lowest BCUT2D eigenvalue weighted by atomic mass is 10.0. The largest absolute Gasteiger partial charge is 0.370 e. The van der Waals surface area contributed by atoms with Gasteiger partial charge in [0.15, 0.2) is 5.96 Å². The quantitative estimate of drug-likeness (QED) is 0.366. The predicted molar refractivity (Wildman–Crippen MR) is 92.9 cm³/mol. The van der Waals surface area contributed by atoms with Crippen LogP contribution in [0.4, 0.5) is 0 Å². The Morgan fingerprint density at radius 2 is 1.84 bits per heavy atom. The van der Waals surface area contributed by atoms with Crippen LogP contribution in [0, 0.1) is 5.92 Å². The summed E-state index contributed by atoms with van der Waals surface area (Å²) in [5.74, 6) is 1.09. The van der Waals surface area contributed by atoms with Crippen molar-refractivity contribution in [1.29, 1.82) is 0 Å². The lowest BCUT2D eigenvalue weighted by Crippen LogP contribution is -2.38. The number of hydrogen-bond donors (Lipinski definition) is 2. The summed E-state index contributed by atoms with van der Waals surface area (Å²) in [4.78, 5) is 4.00. The molecule has 0 aliphatic heterocycles. The van der Waals surface area contributed by atoms with E-state index in [-0.39, 0.29) is 42.3 Å². The molecule has 0 saturated carbocycles. The SMILES string of the molecule is CC(C)CCCC(C)NC(N)=NCCS(C)(=O)=O.I. The van der Waals surface area contributed by atoms with Crippen molar-refractivity contribution in [1.82, 2.24) is 5.32 Å². The van der Waals surface area contributed by atoms with Gasteiger partial charge in [-0.25, -0.2) is 8.42 Å². The van der Waals surface area contributed by atoms with Crippen LogP contribution in [-0.4, -0.2) is 39.0 Å². The summed E-state index contributed by atoms with van der Waals surface area (Å²) in [7, 11) is -2.96. The first-order valence-electron chi connectivity index (χ1n) is 6.45. The van der Waals surface area contributed by atoms with Gasteiger partial charge in [0.05, 0.1) is 12.3 Å². The molecule has 0 aliphatic rings. The number of nitrogens with zero attached hydrogens (tertiary/aromatic N) is 1. The van der Waals surface area contributed by atoms with Gasteiger partial charge in [0.1, 0.15) is 9.84 Å². The van der Waals surface area contributed by atoms with Gasteiger partial charge in [0, 0.05) is 12.3 Å². The molecule has 0 rings (SSSR count). The predicted octanol–water partition coefficient (Wildman–Crippen LogP) is 1.77. The van der Waals surface area contributed by atoms with Gasteiger partial charge in [-0.3, -0.25) is 4.99 Å². The van der Waals surface area contributed by atoms with Crippen molar-refractivity contribution in [2.75, 3.05) is 18.6 Å². The standard InChI is InChI=1S/C12H27N3O2S.HI/c1-10(2)6-5-7-11(3)15-12(13)14-8-9-18(4,16)17;/h10-11H,5-9H2,1-4H3,(H3,13,14,15);1H. The number of halogens is 1. The minimum Gasteiger partial charge on any atom is -0.370 e. The molecule has 0 amide bonds. The van der Waals surface area contributed by atoms with Crippen LogP contribution >= 0.6 is 24.0 Å². The Hall–Kier alpha value is -0.0500. The fraction of sp³-hybridized carbons (Fsp3) is 0.917. The number of rotatable bonds is 8. The van der Waals surface area contributed by atoms with Crippen LogP contribution in [0.5, 0.6) is 0 Å². The summed E-state index contributed by atoms with van der Waals surface area (Å²) >= 11 is 0. The van der Waals surface area contributed by atoms with Crippen molar-refractivity contribution in [2.45, 2.75) is 46.1 Å². The van der Waals surface area contributed by atoms with Crippen LogP contribution in [0.25, 0.3) is 0 Å². The molecule has 0 aromatic rings. The number of aliphatic imine (C=N–C) groups is 1. The third-order valence-electron chi connectivity index (χ3n) is 2.56. The maximum absolute atomic E-state index is 10.9. The molecule has 0 spiro atoms. The number of sulfone groups is 1. The van der Waals surface area contributed by atoms with E-state index >= 15 is 0 Å². The minimum atomic E-state index is -2.96. The summed E-state index contributed by atoms with van der Waals surface area (Å²) in [5.41, 5.74) is 5.68. The number of hydrogen-bond acceptors (Lipinski definition) is 3. The van der Waals surface area contributed by atoms with Crippen molar-refractivity contribution in [3.63, 3.8) is 0 Å². The maximum Gasteiger partial charge on any atom is 0.188 e. The molecule has 0 bridgehead atoms. The lowest BCUT2D eigenvalue weighted by molar-refractivity contribution is 0.493. The second-order valence-corrected chi connectivity index (χ2v) is 7.53. The van der Waals surface area contributed by atoms with Gasteiger partial charge >= 0.3 is 0 Å². The molecule has 0 fully saturated rings. The fourth-order valence-corrected chi connectivity index (χ4v) is 1.96. The van der Waals surface area contributed by atoms with Gasteiger partial charge in [-0.15, -0.1) is 24.0 Å². The van der Waals surface area contributed by atoms with Crippen LogP contribution in [-0.2, 0) is 9.84 Å². The second kappa shape index (κ2) is 10.7. The molecule has 0 aromatic heterocycles. The van der Waals surface area contributed by atoms with Crippen LogP contribution in [0.15, 0.2) is 4.99 Å². The highest BCUT2D eigenvalue weighted by Crippen LogP contribution is 2.07. The smallest absolute Gasteiger partial charge is 0.188 e. The molecule has 7 heteroatoms. The summed E-state index contributed by atoms with van der Waals surface area (Å²) in [5, 5.41) is 3.07. The first-order chi connectivity index (χ1) is 8.20. The number of nitrogens with one attached hydrogen (secondary N) is 1. The Morgan fingerprint density at radius 3 is 2.32 bits per heavy atom. The molecule has 19 heavy (non-hydrogen) atoms. The van der Waals surface area contributed by atoms with Crippen LogP contribution in [0.3, 0.4) is 0 Å². The van der Waals surface area contributed by atoms with E-state index in [2.05, 4.69) is 31.1 Å². The summed E-state index contributed by atoms with van der Waals surface area (Å²) < 4.78 is 21.8. The van der Waals surface area contributed by atoms with E-state index in [0.29, 0.717) is 5.96 Å². The molecule has 3 N–H and O–H groups in total. The highest BCUT2D eigenvalue weighted by Gasteiger charge is 2.04. The van der Waals surface area contributed by atoms with Crippen LogP contribution in [0.1, 0.15) is 40.0 Å². The number of guanidine groups is 1. The molecule has 0 radical (unpaired) electrons. The van der Waals surface area contributed by atoms with Crippen molar-refractivity contribution < 1.29 is 8.42 Å². The second-order valence-electron chi connectivity index (χ2n) is 5.27. The summed E-state index contributed by atoms with van der Waals surface area (Å²) in [6.45, 7) is 6.69. The lowest BCUT2D eigenvalue weighted by Gasteiger charge is -2.14. The average Bonchev–Trinajstić information content (AvgIpc) is 2.14. The Labute approximate surface area is 134 Å². The molecule has 0 heterocycles. The van der Waals surface area contributed by atoms with Gasteiger partial charge in [-0.1, -0.05) is 26.7 Å². The minimum absolute atomic E-state index is 0. The van der Waals surface area contributed by atoms with Crippen LogP contribution in [0.2, 0.25) is 0 Å². The van der Waals surface area contributed by atoms with E-state index in [0.717, 1.165) is 18.8 Å². The van der Waals surface area contributed by atoms with E-state index in [1.54, 1.807) is 0 Å². The number of nitrogens with two attached hydrogens (primary N) is 1. The molecular formula is C12H28IN3O2S. The topological polar surface area (TPSA) is 84.5 Å². The maximum atomic E-state index is 10.9. The van der Waals surface area contributed by atoms with E-state index in [1.165, 1.54) is 12.7 Å². The first-order valence-corrected chi connectivity index (χ1v) is 8.51. The summed E-state index contributed by atoms with van der Waals surface area (Å²) in [6, 6.07) is 0.269. The molecule has 1 atom stereocenters. The van der Waals surface area contributed by atoms with Gasteiger partial charge in [0.25, 0.3) is 0 Å². The first kappa shape index (κ1) is 21.3. The average molecular weight is 405 g/mol. The molecule has 116 valence electrons. The Balaban J connectivity index is 0. The van der Waals surface area contributed by atoms with Gasteiger partial charge in [-0.2, -0.15) is 0 Å². The fourth-order valence-electron chi connectivity index (χ4n) is 1.53. The normalized spacial score (nSPS) is 14.1. The highest BCUT2D eigenvalue weighted by atomic mass is 127. The van der Waals surface area contributed by atoms with Crippen molar-refractivity contribution in [3.05, 3.63) is 0 Å². The molecule has 1 unspecified atom stereocenters. The highest BCUT2D eigenvalue weighted by molar-refractivity contribution is 14.0. The Morgan fingerprint density at radius 1 is 1.26 bits per heavy atom. The monoisotopic (exact) mass is 405 g/mol. The van der Waals surface area contributed by atoms with Gasteiger partial charge < -0.3 is 11.1 Å². The molecule has 0 aliphatic carbocycles. The third-order valence-corrected chi connectivity index (χ3v) is 3.48. The zero-order chi connectivity index (χ0) is 14.2. The van der Waals surface area contributed by atoms with Gasteiger partial charge in [-0.05, 0) is 19.3 Å². The van der Waals surface area contributed by atoms with Crippen molar-refractivity contribution in [2.24, 2.45) is 16.6 Å². The van der Waals surface area contributed by atoms with Crippen LogP contribution < -0.4 is 11.1 Å².